The molecule has 0 spiro atoms. The SMILES string of the molecule is COc1ccccc1S(=O)NC(=O)N1CCC(N2CCC(Oc3ccc(Cl)c(Cl)c3)CC2)CC1. The highest BCUT2D eigenvalue weighted by molar-refractivity contribution is 7.83. The fourth-order valence-electron chi connectivity index (χ4n) is 4.51. The first-order valence-corrected chi connectivity index (χ1v) is 13.3. The number of hydrogen-bond acceptors (Lipinski definition) is 5. The summed E-state index contributed by atoms with van der Waals surface area (Å²) >= 11 is 12.1. The summed E-state index contributed by atoms with van der Waals surface area (Å²) in [6, 6.07) is 12.5. The molecule has 4 rings (SSSR count). The van der Waals surface area contributed by atoms with Crippen LogP contribution >= 0.6 is 23.2 Å². The predicted molar refractivity (Wildman–Crippen MR) is 134 cm³/mol. The second-order valence-electron chi connectivity index (χ2n) is 8.47. The van der Waals surface area contributed by atoms with Crippen molar-refractivity contribution in [1.29, 1.82) is 0 Å². The summed E-state index contributed by atoms with van der Waals surface area (Å²) < 4.78 is 26.6. The van der Waals surface area contributed by atoms with Gasteiger partial charge in [0, 0.05) is 38.3 Å². The maximum atomic E-state index is 12.7. The van der Waals surface area contributed by atoms with Gasteiger partial charge in [0.15, 0.2) is 11.0 Å². The van der Waals surface area contributed by atoms with Gasteiger partial charge in [-0.1, -0.05) is 35.3 Å². The molecular weight excluding hydrogens is 497 g/mol. The summed E-state index contributed by atoms with van der Waals surface area (Å²) in [4.78, 5) is 17.4. The zero-order valence-corrected chi connectivity index (χ0v) is 21.4. The van der Waals surface area contributed by atoms with Crippen molar-refractivity contribution in [3.05, 3.63) is 52.5 Å². The van der Waals surface area contributed by atoms with E-state index in [9.17, 15) is 9.00 Å². The molecule has 0 radical (unpaired) electrons. The average Bonchev–Trinajstić information content (AvgIpc) is 2.86. The normalized spacial score (nSPS) is 19.0. The molecule has 10 heteroatoms. The van der Waals surface area contributed by atoms with Crippen LogP contribution in [0.4, 0.5) is 4.79 Å². The van der Waals surface area contributed by atoms with E-state index in [0.717, 1.165) is 44.5 Å². The molecule has 2 fully saturated rings. The summed E-state index contributed by atoms with van der Waals surface area (Å²) in [6.07, 6.45) is 3.84. The molecule has 0 bridgehead atoms. The molecule has 1 unspecified atom stereocenters. The van der Waals surface area contributed by atoms with Crippen LogP contribution < -0.4 is 14.2 Å². The van der Waals surface area contributed by atoms with Crippen molar-refractivity contribution >= 4 is 40.2 Å². The van der Waals surface area contributed by atoms with Gasteiger partial charge in [-0.25, -0.2) is 9.00 Å². The van der Waals surface area contributed by atoms with Gasteiger partial charge in [-0.15, -0.1) is 0 Å². The molecule has 0 saturated carbocycles. The van der Waals surface area contributed by atoms with Crippen LogP contribution in [0.15, 0.2) is 47.4 Å². The Morgan fingerprint density at radius 3 is 2.38 bits per heavy atom. The van der Waals surface area contributed by atoms with Gasteiger partial charge in [-0.2, -0.15) is 0 Å². The Bertz CT molecular complexity index is 1030. The van der Waals surface area contributed by atoms with E-state index in [1.165, 1.54) is 7.11 Å². The monoisotopic (exact) mass is 525 g/mol. The largest absolute Gasteiger partial charge is 0.495 e. The highest BCUT2D eigenvalue weighted by Crippen LogP contribution is 2.29. The summed E-state index contributed by atoms with van der Waals surface area (Å²) in [5.41, 5.74) is 0. The average molecular weight is 526 g/mol. The van der Waals surface area contributed by atoms with Crippen LogP contribution in [0.1, 0.15) is 25.7 Å². The number of likely N-dealkylation sites (tertiary alicyclic amines) is 2. The number of methoxy groups -OCH3 is 1. The molecule has 0 aliphatic carbocycles. The van der Waals surface area contributed by atoms with Gasteiger partial charge in [0.25, 0.3) is 0 Å². The van der Waals surface area contributed by atoms with E-state index >= 15 is 0 Å². The van der Waals surface area contributed by atoms with Crippen molar-refractivity contribution in [2.45, 2.75) is 42.7 Å². The van der Waals surface area contributed by atoms with Crippen LogP contribution in [-0.2, 0) is 11.0 Å². The van der Waals surface area contributed by atoms with Crippen molar-refractivity contribution < 1.29 is 18.5 Å². The highest BCUT2D eigenvalue weighted by Gasteiger charge is 2.31. The Hall–Kier alpha value is -2.00. The van der Waals surface area contributed by atoms with Crippen molar-refractivity contribution in [3.63, 3.8) is 0 Å². The van der Waals surface area contributed by atoms with E-state index in [-0.39, 0.29) is 12.1 Å². The van der Waals surface area contributed by atoms with E-state index in [2.05, 4.69) is 9.62 Å². The van der Waals surface area contributed by atoms with Crippen LogP contribution in [0.5, 0.6) is 11.5 Å². The molecule has 2 aromatic carbocycles. The number of amides is 2. The van der Waals surface area contributed by atoms with Gasteiger partial charge < -0.3 is 14.4 Å². The molecule has 1 atom stereocenters. The quantitative estimate of drug-likeness (QED) is 0.589. The predicted octanol–water partition coefficient (Wildman–Crippen LogP) is 4.74. The number of para-hydroxylation sites is 1. The molecule has 0 aromatic heterocycles. The molecule has 2 aliphatic rings. The zero-order valence-electron chi connectivity index (χ0n) is 19.0. The van der Waals surface area contributed by atoms with E-state index in [0.29, 0.717) is 39.8 Å². The van der Waals surface area contributed by atoms with E-state index in [1.54, 1.807) is 41.3 Å². The Balaban J connectivity index is 1.21. The number of nitrogens with one attached hydrogen (secondary N) is 1. The number of benzene rings is 2. The first kappa shape index (κ1) is 25.1. The number of rotatable bonds is 6. The maximum absolute atomic E-state index is 12.7. The molecule has 2 aromatic rings. The molecule has 34 heavy (non-hydrogen) atoms. The van der Waals surface area contributed by atoms with Crippen LogP contribution in [0.3, 0.4) is 0 Å². The summed E-state index contributed by atoms with van der Waals surface area (Å²) in [6.45, 7) is 3.19. The molecule has 7 nitrogen and oxygen atoms in total. The third kappa shape index (κ3) is 6.16. The number of carbonyl (C=O) groups excluding carboxylic acids is 1. The minimum atomic E-state index is -1.67. The second-order valence-corrected chi connectivity index (χ2v) is 10.5. The standard InChI is InChI=1S/C24H29Cl2N3O4S/c1-32-22-4-2-3-5-23(22)34(31)27-24(30)29-12-8-17(9-13-29)28-14-10-18(11-15-28)33-19-6-7-20(25)21(26)16-19/h2-7,16-18H,8-15H2,1H3,(H,27,30). The van der Waals surface area contributed by atoms with Gasteiger partial charge >= 0.3 is 6.03 Å². The van der Waals surface area contributed by atoms with Crippen LogP contribution in [0, 0.1) is 0 Å². The third-order valence-electron chi connectivity index (χ3n) is 6.39. The van der Waals surface area contributed by atoms with Crippen molar-refractivity contribution in [2.24, 2.45) is 0 Å². The lowest BCUT2D eigenvalue weighted by Gasteiger charge is -2.41. The number of piperidine rings is 2. The molecule has 2 heterocycles. The minimum Gasteiger partial charge on any atom is -0.495 e. The lowest BCUT2D eigenvalue weighted by atomic mass is 9.99. The highest BCUT2D eigenvalue weighted by atomic mass is 35.5. The number of nitrogens with zero attached hydrogens (tertiary/aromatic N) is 2. The number of hydrogen-bond donors (Lipinski definition) is 1. The lowest BCUT2D eigenvalue weighted by Crippen LogP contribution is -2.52. The van der Waals surface area contributed by atoms with Crippen molar-refractivity contribution in [3.8, 4) is 11.5 Å². The zero-order chi connectivity index (χ0) is 24.1. The fraction of sp³-hybridized carbons (Fsp3) is 0.458. The van der Waals surface area contributed by atoms with E-state index in [1.807, 2.05) is 6.07 Å². The Morgan fingerprint density at radius 1 is 1.00 bits per heavy atom. The topological polar surface area (TPSA) is 71.1 Å². The molecule has 1 N–H and O–H groups in total. The van der Waals surface area contributed by atoms with Gasteiger partial charge in [0.2, 0.25) is 0 Å². The number of urea groups is 1. The Morgan fingerprint density at radius 2 is 1.71 bits per heavy atom. The van der Waals surface area contributed by atoms with Crippen LogP contribution in [-0.4, -0.2) is 65.5 Å². The summed E-state index contributed by atoms with van der Waals surface area (Å²) in [5.74, 6) is 1.24. The van der Waals surface area contributed by atoms with Crippen LogP contribution in [0.25, 0.3) is 0 Å². The van der Waals surface area contributed by atoms with Crippen LogP contribution in [0.2, 0.25) is 10.0 Å². The van der Waals surface area contributed by atoms with E-state index < -0.39 is 11.0 Å². The molecular formula is C24H29Cl2N3O4S. The summed E-state index contributed by atoms with van der Waals surface area (Å²) in [7, 11) is -0.151. The smallest absolute Gasteiger partial charge is 0.329 e. The first-order valence-electron chi connectivity index (χ1n) is 11.4. The maximum Gasteiger partial charge on any atom is 0.329 e. The number of ether oxygens (including phenoxy) is 2. The molecule has 2 saturated heterocycles. The lowest BCUT2D eigenvalue weighted by molar-refractivity contribution is 0.0540. The number of carbonyl (C=O) groups is 1. The fourth-order valence-corrected chi connectivity index (χ4v) is 5.73. The Kier molecular flexibility index (Phi) is 8.58. The van der Waals surface area contributed by atoms with Crippen molar-refractivity contribution in [2.75, 3.05) is 33.3 Å². The first-order chi connectivity index (χ1) is 16.4. The van der Waals surface area contributed by atoms with Gasteiger partial charge in [-0.05, 0) is 49.9 Å². The summed E-state index contributed by atoms with van der Waals surface area (Å²) in [5, 5.41) is 1.02. The number of halogens is 2. The van der Waals surface area contributed by atoms with Gasteiger partial charge in [-0.3, -0.25) is 9.62 Å². The second kappa shape index (κ2) is 11.6. The third-order valence-corrected chi connectivity index (χ3v) is 8.22. The molecule has 2 amide bonds. The van der Waals surface area contributed by atoms with Gasteiger partial charge in [0.05, 0.1) is 17.2 Å². The Labute approximate surface area is 212 Å². The molecule has 2 aliphatic heterocycles. The molecule has 184 valence electrons. The van der Waals surface area contributed by atoms with Crippen molar-refractivity contribution in [1.82, 2.24) is 14.5 Å². The van der Waals surface area contributed by atoms with E-state index in [4.69, 9.17) is 32.7 Å². The van der Waals surface area contributed by atoms with Gasteiger partial charge in [0.1, 0.15) is 22.5 Å². The minimum absolute atomic E-state index is 0.157.